The molecule has 5 heteroatoms. The molecule has 0 radical (unpaired) electrons. The molecule has 0 unspecified atom stereocenters. The number of hydrogen-bond donors (Lipinski definition) is 0. The maximum Gasteiger partial charge on any atom is -0.147 e. The molecule has 0 heterocycles. The molecule has 2 aliphatic rings. The SMILES string of the molecule is CC(C)(C)c1ccc2c(c1)-c1cc(C(C)(C)C)c[c]([Zr]([C]3=CC=CC3)=[C](c3ccc(I)cc3)c3ccc(I)cc3)c1C2.Cl.Cl. The number of allylic oxidation sites excluding steroid dienone is 4. The first-order chi connectivity index (χ1) is 19.9. The topological polar surface area (TPSA) is 0 Å². The number of halogens is 4. The van der Waals surface area contributed by atoms with Gasteiger partial charge in [-0.3, -0.25) is 0 Å². The predicted octanol–water partition coefficient (Wildman–Crippen LogP) is 11.3. The smallest absolute Gasteiger partial charge is 0.147 e. The van der Waals surface area contributed by atoms with Crippen LogP contribution in [-0.2, 0) is 38.5 Å². The van der Waals surface area contributed by atoms with E-state index in [4.69, 9.17) is 0 Å². The van der Waals surface area contributed by atoms with Crippen LogP contribution >= 0.6 is 70.0 Å². The van der Waals surface area contributed by atoms with Crippen molar-refractivity contribution in [3.8, 4) is 11.1 Å². The first-order valence-electron chi connectivity index (χ1n) is 14.8. The molecule has 0 atom stereocenters. The van der Waals surface area contributed by atoms with Gasteiger partial charge >= 0.3 is 290 Å². The van der Waals surface area contributed by atoms with Crippen LogP contribution in [0.15, 0.2) is 100 Å². The van der Waals surface area contributed by atoms with Crippen LogP contribution in [0, 0.1) is 7.14 Å². The zero-order valence-corrected chi connectivity index (χ0v) is 34.6. The van der Waals surface area contributed by atoms with Crippen molar-refractivity contribution in [1.29, 1.82) is 0 Å². The minimum Gasteiger partial charge on any atom is -0.147 e. The van der Waals surface area contributed by atoms with E-state index < -0.39 is 21.3 Å². The molecule has 4 aromatic rings. The van der Waals surface area contributed by atoms with Gasteiger partial charge in [-0.2, -0.15) is 0 Å². The van der Waals surface area contributed by atoms with Crippen molar-refractivity contribution < 1.29 is 21.3 Å². The van der Waals surface area contributed by atoms with Gasteiger partial charge in [-0.25, -0.2) is 0 Å². The average Bonchev–Trinajstić information content (AvgIpc) is 3.60. The molecule has 2 aliphatic carbocycles. The zero-order valence-electron chi connectivity index (χ0n) is 26.2. The van der Waals surface area contributed by atoms with Crippen LogP contribution in [0.4, 0.5) is 0 Å². The fourth-order valence-electron chi connectivity index (χ4n) is 6.19. The summed E-state index contributed by atoms with van der Waals surface area (Å²) in [6.07, 6.45) is 9.24. The number of benzene rings is 4. The molecule has 0 aliphatic heterocycles. The molecule has 44 heavy (non-hydrogen) atoms. The molecule has 0 saturated carbocycles. The van der Waals surface area contributed by atoms with Crippen LogP contribution < -0.4 is 3.27 Å². The van der Waals surface area contributed by atoms with Crippen molar-refractivity contribution in [3.63, 3.8) is 0 Å². The Morgan fingerprint density at radius 3 is 1.70 bits per heavy atom. The van der Waals surface area contributed by atoms with Gasteiger partial charge in [0.25, 0.3) is 0 Å². The number of rotatable bonds is 4. The van der Waals surface area contributed by atoms with Crippen molar-refractivity contribution in [2.45, 2.75) is 65.2 Å². The van der Waals surface area contributed by atoms with Crippen LogP contribution in [0.25, 0.3) is 11.1 Å². The van der Waals surface area contributed by atoms with E-state index in [-0.39, 0.29) is 35.6 Å². The van der Waals surface area contributed by atoms with Crippen LogP contribution in [0.5, 0.6) is 0 Å². The summed E-state index contributed by atoms with van der Waals surface area (Å²) in [6.45, 7) is 14.1. The predicted molar refractivity (Wildman–Crippen MR) is 210 cm³/mol. The molecule has 0 aromatic heterocycles. The molecule has 0 saturated heterocycles. The molecule has 0 amide bonds. The Bertz CT molecular complexity index is 1740. The maximum absolute atomic E-state index is 2.69. The van der Waals surface area contributed by atoms with E-state index in [9.17, 15) is 0 Å². The zero-order chi connectivity index (χ0) is 29.8. The van der Waals surface area contributed by atoms with E-state index in [2.05, 4.69) is 184 Å². The van der Waals surface area contributed by atoms with Gasteiger partial charge in [0.1, 0.15) is 0 Å². The van der Waals surface area contributed by atoms with E-state index in [1.165, 1.54) is 46.1 Å². The largest absolute Gasteiger partial charge is 0.147 e. The third kappa shape index (κ3) is 7.33. The summed E-state index contributed by atoms with van der Waals surface area (Å²) in [6, 6.07) is 31.1. The molecule has 0 N–H and O–H groups in total. The first-order valence-corrected chi connectivity index (χ1v) is 20.7. The van der Waals surface area contributed by atoms with Gasteiger partial charge in [0, 0.05) is 0 Å². The minimum atomic E-state index is -2.69. The fourth-order valence-corrected chi connectivity index (χ4v) is 14.9. The van der Waals surface area contributed by atoms with E-state index in [1.807, 2.05) is 0 Å². The summed E-state index contributed by atoms with van der Waals surface area (Å²) in [5.41, 5.74) is 11.8. The molecule has 0 nitrogen and oxygen atoms in total. The minimum absolute atomic E-state index is 0. The van der Waals surface area contributed by atoms with Gasteiger partial charge in [-0.05, 0) is 0 Å². The summed E-state index contributed by atoms with van der Waals surface area (Å²) in [5.74, 6) is 0. The summed E-state index contributed by atoms with van der Waals surface area (Å²) < 4.78 is 7.50. The third-order valence-corrected chi connectivity index (χ3v) is 17.6. The molecule has 228 valence electrons. The second kappa shape index (κ2) is 14.1. The van der Waals surface area contributed by atoms with Gasteiger partial charge < -0.3 is 0 Å². The van der Waals surface area contributed by atoms with Crippen LogP contribution in [0.3, 0.4) is 0 Å². The summed E-state index contributed by atoms with van der Waals surface area (Å²) in [4.78, 5) is 0. The van der Waals surface area contributed by atoms with Crippen molar-refractivity contribution >= 4 is 76.5 Å². The van der Waals surface area contributed by atoms with Gasteiger partial charge in [0.05, 0.1) is 0 Å². The molecule has 0 fully saturated rings. The molecule has 0 bridgehead atoms. The number of hydrogen-bond acceptors (Lipinski definition) is 0. The maximum atomic E-state index is 2.64. The molecular formula is C39H40Cl2I2Zr. The van der Waals surface area contributed by atoms with Crippen molar-refractivity contribution in [3.05, 3.63) is 141 Å². The first kappa shape index (κ1) is 36.0. The summed E-state index contributed by atoms with van der Waals surface area (Å²) in [7, 11) is 0. The fraction of sp³-hybridized carbons (Fsp3) is 0.256. The van der Waals surface area contributed by atoms with E-state index in [0.717, 1.165) is 12.8 Å². The van der Waals surface area contributed by atoms with Gasteiger partial charge in [-0.1, -0.05) is 0 Å². The van der Waals surface area contributed by atoms with Crippen LogP contribution in [-0.4, -0.2) is 3.21 Å². The van der Waals surface area contributed by atoms with Gasteiger partial charge in [0.2, 0.25) is 0 Å². The molecule has 0 spiro atoms. The Hall–Kier alpha value is -0.847. The molecule has 6 rings (SSSR count). The normalized spacial score (nSPS) is 13.4. The van der Waals surface area contributed by atoms with Gasteiger partial charge in [-0.15, -0.1) is 24.8 Å². The van der Waals surface area contributed by atoms with Crippen molar-refractivity contribution in [2.24, 2.45) is 0 Å². The molecular weight excluding hydrogens is 884 g/mol. The summed E-state index contributed by atoms with van der Waals surface area (Å²) >= 11 is 2.18. The van der Waals surface area contributed by atoms with E-state index in [0.29, 0.717) is 0 Å². The van der Waals surface area contributed by atoms with Crippen LogP contribution in [0.2, 0.25) is 0 Å². The Morgan fingerprint density at radius 1 is 0.659 bits per heavy atom. The second-order valence-corrected chi connectivity index (χ2v) is 22.2. The third-order valence-electron chi connectivity index (χ3n) is 8.63. The van der Waals surface area contributed by atoms with Crippen molar-refractivity contribution in [1.82, 2.24) is 0 Å². The second-order valence-electron chi connectivity index (χ2n) is 13.7. The quantitative estimate of drug-likeness (QED) is 0.158. The summed E-state index contributed by atoms with van der Waals surface area (Å²) in [5, 5.41) is 0. The standard InChI is InChI=1S/C21H25.C13H8I2.C5H5.2ClH.Zr/c1-20(2,3)16-9-7-14-11-15-8-10-17(21(4,5)6)13-19(15)18(14)12-16;14-12-5-1-10(2-6-12)9-11-3-7-13(15)8-4-11;1-2-4-5-3-1;;;/h7,9-10,12-13H,11H2,1-6H3;1-8H;1-3H,4H2;2*1H;. The Balaban J connectivity index is 0.00000221. The monoisotopic (exact) mass is 922 g/mol. The molecule has 4 aromatic carbocycles. The number of fused-ring (bicyclic) bond motifs is 3. The Morgan fingerprint density at radius 2 is 1.20 bits per heavy atom. The van der Waals surface area contributed by atoms with E-state index >= 15 is 0 Å². The Labute approximate surface area is 311 Å². The average molecular weight is 925 g/mol. The van der Waals surface area contributed by atoms with Crippen molar-refractivity contribution in [2.75, 3.05) is 0 Å². The Kier molecular flexibility index (Phi) is 11.5. The van der Waals surface area contributed by atoms with Gasteiger partial charge in [0.15, 0.2) is 0 Å². The van der Waals surface area contributed by atoms with Crippen LogP contribution in [0.1, 0.15) is 81.3 Å². The van der Waals surface area contributed by atoms with E-state index in [1.54, 1.807) is 15.3 Å².